The Morgan fingerprint density at radius 3 is 1.64 bits per heavy atom. The van der Waals surface area contributed by atoms with Gasteiger partial charge in [0, 0.05) is 24.7 Å². The van der Waals surface area contributed by atoms with E-state index in [1.807, 2.05) is 0 Å². The van der Waals surface area contributed by atoms with Crippen LogP contribution >= 0.6 is 0 Å². The van der Waals surface area contributed by atoms with Crippen LogP contribution < -0.4 is 4.90 Å². The summed E-state index contributed by atoms with van der Waals surface area (Å²) in [6.45, 7) is 3.53. The Bertz CT molecular complexity index is 738. The molecule has 2 nitrogen and oxygen atoms in total. The summed E-state index contributed by atoms with van der Waals surface area (Å²) in [7, 11) is 0. The van der Waals surface area contributed by atoms with Gasteiger partial charge in [0.05, 0.1) is 13.2 Å². The lowest BCUT2D eigenvalue weighted by Crippen LogP contribution is -2.25. The van der Waals surface area contributed by atoms with Crippen molar-refractivity contribution in [3.05, 3.63) is 102 Å². The molecule has 1 heterocycles. The van der Waals surface area contributed by atoms with Crippen molar-refractivity contribution in [1.29, 1.82) is 0 Å². The van der Waals surface area contributed by atoms with Gasteiger partial charge in [-0.3, -0.25) is 0 Å². The topological polar surface area (TPSA) is 12.5 Å². The largest absolute Gasteiger partial charge is 0.380 e. The number of ether oxygens (including phenoxy) is 1. The van der Waals surface area contributed by atoms with Crippen molar-refractivity contribution in [2.24, 2.45) is 0 Å². The van der Waals surface area contributed by atoms with Crippen LogP contribution in [0.25, 0.3) is 0 Å². The molecule has 0 aliphatic carbocycles. The molecule has 1 aliphatic heterocycles. The lowest BCUT2D eigenvalue weighted by molar-refractivity contribution is 0.00842. The van der Waals surface area contributed by atoms with E-state index in [1.54, 1.807) is 0 Å². The van der Waals surface area contributed by atoms with Crippen LogP contribution in [-0.4, -0.2) is 13.2 Å². The van der Waals surface area contributed by atoms with Crippen LogP contribution in [0.3, 0.4) is 0 Å². The fourth-order valence-electron chi connectivity index (χ4n) is 3.23. The molecular formula is C23H23NO. The minimum atomic E-state index is 0.575. The summed E-state index contributed by atoms with van der Waals surface area (Å²) in [4.78, 5) is 2.44. The normalized spacial score (nSPS) is 14.1. The number of nitrogens with zero attached hydrogens (tertiary/aromatic N) is 1. The van der Waals surface area contributed by atoms with E-state index in [0.717, 1.165) is 26.3 Å². The number of hydrogen-bond acceptors (Lipinski definition) is 2. The second kappa shape index (κ2) is 7.54. The molecule has 0 aromatic heterocycles. The maximum Gasteiger partial charge on any atom is 0.0557 e. The monoisotopic (exact) mass is 329 g/mol. The first-order valence-electron chi connectivity index (χ1n) is 8.89. The second-order valence-electron chi connectivity index (χ2n) is 6.65. The van der Waals surface area contributed by atoms with Crippen LogP contribution in [-0.2, 0) is 17.8 Å². The zero-order chi connectivity index (χ0) is 16.9. The number of hydrogen-bond donors (Lipinski definition) is 0. The summed E-state index contributed by atoms with van der Waals surface area (Å²) < 4.78 is 5.31. The van der Waals surface area contributed by atoms with Gasteiger partial charge < -0.3 is 9.64 Å². The molecule has 25 heavy (non-hydrogen) atoms. The molecule has 0 spiro atoms. The van der Waals surface area contributed by atoms with Crippen molar-refractivity contribution in [3.63, 3.8) is 0 Å². The van der Waals surface area contributed by atoms with Gasteiger partial charge in [0.15, 0.2) is 0 Å². The average molecular weight is 329 g/mol. The molecule has 0 saturated carbocycles. The van der Waals surface area contributed by atoms with E-state index in [-0.39, 0.29) is 0 Å². The highest BCUT2D eigenvalue weighted by atomic mass is 16.5. The third-order valence-corrected chi connectivity index (χ3v) is 4.80. The van der Waals surface area contributed by atoms with Gasteiger partial charge in [-0.05, 0) is 28.8 Å². The Labute approximate surface area is 149 Å². The highest BCUT2D eigenvalue weighted by Crippen LogP contribution is 2.27. The minimum absolute atomic E-state index is 0.575. The van der Waals surface area contributed by atoms with E-state index < -0.39 is 0 Å². The first kappa shape index (κ1) is 15.9. The zero-order valence-corrected chi connectivity index (χ0v) is 14.3. The summed E-state index contributed by atoms with van der Waals surface area (Å²) >= 11 is 0. The van der Waals surface area contributed by atoms with Gasteiger partial charge in [-0.1, -0.05) is 72.8 Å². The van der Waals surface area contributed by atoms with Crippen LogP contribution in [0.2, 0.25) is 0 Å². The van der Waals surface area contributed by atoms with Crippen LogP contribution in [0, 0.1) is 0 Å². The van der Waals surface area contributed by atoms with Crippen molar-refractivity contribution in [1.82, 2.24) is 0 Å². The van der Waals surface area contributed by atoms with E-state index in [0.29, 0.717) is 5.92 Å². The Hall–Kier alpha value is -2.58. The van der Waals surface area contributed by atoms with Crippen molar-refractivity contribution < 1.29 is 4.74 Å². The van der Waals surface area contributed by atoms with Gasteiger partial charge in [0.1, 0.15) is 0 Å². The molecule has 0 N–H and O–H groups in total. The van der Waals surface area contributed by atoms with Gasteiger partial charge in [0.2, 0.25) is 0 Å². The summed E-state index contributed by atoms with van der Waals surface area (Å²) in [6, 6.07) is 30.3. The first-order valence-corrected chi connectivity index (χ1v) is 8.89. The third kappa shape index (κ3) is 3.92. The predicted molar refractivity (Wildman–Crippen MR) is 103 cm³/mol. The van der Waals surface area contributed by atoms with Gasteiger partial charge in [0.25, 0.3) is 0 Å². The molecule has 1 saturated heterocycles. The zero-order valence-electron chi connectivity index (χ0n) is 14.3. The predicted octanol–water partition coefficient (Wildman–Crippen LogP) is 5.01. The average Bonchev–Trinajstić information content (AvgIpc) is 2.62. The summed E-state index contributed by atoms with van der Waals surface area (Å²) in [5.74, 6) is 0.575. The Morgan fingerprint density at radius 2 is 1.20 bits per heavy atom. The Kier molecular flexibility index (Phi) is 4.80. The van der Waals surface area contributed by atoms with Crippen LogP contribution in [0.1, 0.15) is 22.6 Å². The summed E-state index contributed by atoms with van der Waals surface area (Å²) in [5.41, 5.74) is 5.30. The Morgan fingerprint density at radius 1 is 0.680 bits per heavy atom. The van der Waals surface area contributed by atoms with Gasteiger partial charge in [-0.15, -0.1) is 0 Å². The highest BCUT2D eigenvalue weighted by Gasteiger charge is 2.20. The highest BCUT2D eigenvalue weighted by molar-refractivity contribution is 5.49. The first-order chi connectivity index (χ1) is 12.4. The van der Waals surface area contributed by atoms with Crippen LogP contribution in [0.15, 0.2) is 84.9 Å². The molecule has 3 aromatic carbocycles. The lowest BCUT2D eigenvalue weighted by atomic mass is 9.97. The second-order valence-corrected chi connectivity index (χ2v) is 6.65. The molecule has 1 aliphatic rings. The molecule has 0 amide bonds. The molecule has 0 atom stereocenters. The molecule has 0 unspecified atom stereocenters. The number of anilines is 1. The molecule has 126 valence electrons. The molecule has 4 rings (SSSR count). The van der Waals surface area contributed by atoms with Crippen molar-refractivity contribution in [2.75, 3.05) is 18.1 Å². The van der Waals surface area contributed by atoms with Gasteiger partial charge in [-0.25, -0.2) is 0 Å². The smallest absolute Gasteiger partial charge is 0.0557 e. The number of benzene rings is 3. The van der Waals surface area contributed by atoms with Crippen molar-refractivity contribution in [2.45, 2.75) is 19.0 Å². The molecule has 2 heteroatoms. The fourth-order valence-corrected chi connectivity index (χ4v) is 3.23. The van der Waals surface area contributed by atoms with Crippen LogP contribution in [0.5, 0.6) is 0 Å². The molecular weight excluding hydrogens is 306 g/mol. The number of rotatable bonds is 6. The third-order valence-electron chi connectivity index (χ3n) is 4.80. The molecule has 0 bridgehead atoms. The van der Waals surface area contributed by atoms with Gasteiger partial charge >= 0.3 is 0 Å². The molecule has 1 fully saturated rings. The van der Waals surface area contributed by atoms with Gasteiger partial charge in [-0.2, -0.15) is 0 Å². The van der Waals surface area contributed by atoms with Crippen molar-refractivity contribution in [3.8, 4) is 0 Å². The van der Waals surface area contributed by atoms with E-state index >= 15 is 0 Å². The SMILES string of the molecule is c1ccc(CN(Cc2ccccc2)c2ccc(C3COC3)cc2)cc1. The standard InChI is InChI=1S/C23H23NO/c1-3-7-19(8-4-1)15-24(16-20-9-5-2-6-10-20)23-13-11-21(12-14-23)22-17-25-18-22/h1-14,22H,15-18H2. The minimum Gasteiger partial charge on any atom is -0.380 e. The van der Waals surface area contributed by atoms with Crippen LogP contribution in [0.4, 0.5) is 5.69 Å². The summed E-state index contributed by atoms with van der Waals surface area (Å²) in [5, 5.41) is 0. The quantitative estimate of drug-likeness (QED) is 0.630. The molecule has 0 radical (unpaired) electrons. The van der Waals surface area contributed by atoms with E-state index in [4.69, 9.17) is 4.74 Å². The summed E-state index contributed by atoms with van der Waals surface area (Å²) in [6.07, 6.45) is 0. The fraction of sp³-hybridized carbons (Fsp3) is 0.217. The molecule has 3 aromatic rings. The maximum atomic E-state index is 5.31. The lowest BCUT2D eigenvalue weighted by Gasteiger charge is -2.28. The van der Waals surface area contributed by atoms with E-state index in [1.165, 1.54) is 22.4 Å². The maximum absolute atomic E-state index is 5.31. The van der Waals surface area contributed by atoms with E-state index in [9.17, 15) is 0 Å². The van der Waals surface area contributed by atoms with Crippen molar-refractivity contribution >= 4 is 5.69 Å². The Balaban J connectivity index is 1.57. The van der Waals surface area contributed by atoms with E-state index in [2.05, 4.69) is 89.8 Å².